The summed E-state index contributed by atoms with van der Waals surface area (Å²) in [7, 11) is 0. The summed E-state index contributed by atoms with van der Waals surface area (Å²) in [5.74, 6) is 0.638. The topological polar surface area (TPSA) is 38.3 Å². The van der Waals surface area contributed by atoms with Crippen molar-refractivity contribution in [1.82, 2.24) is 5.32 Å². The Hall–Kier alpha value is -1.97. The highest BCUT2D eigenvalue weighted by atomic mass is 35.5. The molecule has 0 fully saturated rings. The molecule has 25 heavy (non-hydrogen) atoms. The number of nitrogens with one attached hydrogen (secondary N) is 1. The minimum atomic E-state index is -0.0907. The van der Waals surface area contributed by atoms with Crippen LogP contribution in [-0.2, 0) is 11.4 Å². The summed E-state index contributed by atoms with van der Waals surface area (Å²) in [5.41, 5.74) is 1.80. The summed E-state index contributed by atoms with van der Waals surface area (Å²) in [6, 6.07) is 13.0. The van der Waals surface area contributed by atoms with Crippen LogP contribution in [0, 0.1) is 0 Å². The Morgan fingerprint density at radius 2 is 1.92 bits per heavy atom. The van der Waals surface area contributed by atoms with E-state index in [2.05, 4.69) is 5.32 Å². The Morgan fingerprint density at radius 1 is 1.20 bits per heavy atom. The van der Waals surface area contributed by atoms with Crippen LogP contribution in [0.25, 0.3) is 6.08 Å². The minimum absolute atomic E-state index is 0.0907. The van der Waals surface area contributed by atoms with Gasteiger partial charge in [0.05, 0.1) is 0 Å². The van der Waals surface area contributed by atoms with Crippen molar-refractivity contribution in [3.63, 3.8) is 0 Å². The van der Waals surface area contributed by atoms with E-state index in [1.807, 2.05) is 44.2 Å². The molecule has 3 nitrogen and oxygen atoms in total. The van der Waals surface area contributed by atoms with Crippen molar-refractivity contribution in [2.24, 2.45) is 0 Å². The normalized spacial score (nSPS) is 12.2. The molecule has 1 N–H and O–H groups in total. The zero-order chi connectivity index (χ0) is 18.2. The SMILES string of the molecule is CCC(C)NC(=O)/C=C/c1ccc(OCc2ccc(Cl)cc2Cl)cc1. The Balaban J connectivity index is 1.90. The van der Waals surface area contributed by atoms with Gasteiger partial charge < -0.3 is 10.1 Å². The molecule has 0 heterocycles. The molecule has 0 saturated heterocycles. The lowest BCUT2D eigenvalue weighted by molar-refractivity contribution is -0.117. The second kappa shape index (κ2) is 9.50. The zero-order valence-corrected chi connectivity index (χ0v) is 15.8. The van der Waals surface area contributed by atoms with Gasteiger partial charge in [-0.05, 0) is 49.2 Å². The Kier molecular flexibility index (Phi) is 7.35. The molecule has 0 saturated carbocycles. The molecule has 0 radical (unpaired) electrons. The highest BCUT2D eigenvalue weighted by molar-refractivity contribution is 6.35. The Bertz CT molecular complexity index is 742. The number of hydrogen-bond acceptors (Lipinski definition) is 2. The number of ether oxygens (including phenoxy) is 1. The molecule has 0 aliphatic carbocycles. The van der Waals surface area contributed by atoms with Gasteiger partial charge in [-0.3, -0.25) is 4.79 Å². The molecule has 2 aromatic carbocycles. The number of carbonyl (C=O) groups excluding carboxylic acids is 1. The number of hydrogen-bond donors (Lipinski definition) is 1. The summed E-state index contributed by atoms with van der Waals surface area (Å²) in [5, 5.41) is 4.07. The average molecular weight is 378 g/mol. The largest absolute Gasteiger partial charge is 0.489 e. The maximum atomic E-state index is 11.7. The number of rotatable bonds is 7. The average Bonchev–Trinajstić information content (AvgIpc) is 2.60. The van der Waals surface area contributed by atoms with Gasteiger partial charge in [0, 0.05) is 27.7 Å². The van der Waals surface area contributed by atoms with Gasteiger partial charge in [-0.1, -0.05) is 48.3 Å². The molecule has 0 aliphatic rings. The Morgan fingerprint density at radius 3 is 2.56 bits per heavy atom. The first-order chi connectivity index (χ1) is 12.0. The predicted molar refractivity (Wildman–Crippen MR) is 104 cm³/mol. The lowest BCUT2D eigenvalue weighted by Gasteiger charge is -2.09. The molecule has 1 amide bonds. The first kappa shape index (κ1) is 19.4. The van der Waals surface area contributed by atoms with Crippen LogP contribution in [0.1, 0.15) is 31.4 Å². The van der Waals surface area contributed by atoms with Crippen LogP contribution in [0.2, 0.25) is 10.0 Å². The van der Waals surface area contributed by atoms with Gasteiger partial charge in [-0.25, -0.2) is 0 Å². The van der Waals surface area contributed by atoms with Crippen LogP contribution >= 0.6 is 23.2 Å². The molecule has 0 aromatic heterocycles. The molecule has 1 unspecified atom stereocenters. The summed E-state index contributed by atoms with van der Waals surface area (Å²) in [6.07, 6.45) is 4.22. The molecule has 132 valence electrons. The van der Waals surface area contributed by atoms with Crippen LogP contribution in [0.5, 0.6) is 5.75 Å². The van der Waals surface area contributed by atoms with E-state index in [0.29, 0.717) is 16.7 Å². The fraction of sp³-hybridized carbons (Fsp3) is 0.250. The number of benzene rings is 2. The molecule has 1 atom stereocenters. The van der Waals surface area contributed by atoms with Gasteiger partial charge >= 0.3 is 0 Å². The molecular formula is C20H21Cl2NO2. The smallest absolute Gasteiger partial charge is 0.244 e. The van der Waals surface area contributed by atoms with Gasteiger partial charge in [0.2, 0.25) is 5.91 Å². The van der Waals surface area contributed by atoms with Crippen LogP contribution in [-0.4, -0.2) is 11.9 Å². The predicted octanol–water partition coefficient (Wildman–Crippen LogP) is 5.50. The standard InChI is InChI=1S/C20H21Cl2NO2/c1-3-14(2)23-20(24)11-6-15-4-9-18(10-5-15)25-13-16-7-8-17(21)12-19(16)22/h4-12,14H,3,13H2,1-2H3,(H,23,24)/b11-6+. The first-order valence-corrected chi connectivity index (χ1v) is 8.89. The highest BCUT2D eigenvalue weighted by Crippen LogP contribution is 2.23. The lowest BCUT2D eigenvalue weighted by Crippen LogP contribution is -2.30. The maximum Gasteiger partial charge on any atom is 0.244 e. The molecule has 2 aromatic rings. The lowest BCUT2D eigenvalue weighted by atomic mass is 10.2. The van der Waals surface area contributed by atoms with E-state index in [0.717, 1.165) is 23.3 Å². The van der Waals surface area contributed by atoms with Crippen LogP contribution in [0.4, 0.5) is 0 Å². The molecule has 2 rings (SSSR count). The van der Waals surface area contributed by atoms with Gasteiger partial charge in [-0.2, -0.15) is 0 Å². The van der Waals surface area contributed by atoms with Crippen LogP contribution in [0.15, 0.2) is 48.5 Å². The van der Waals surface area contributed by atoms with Gasteiger partial charge in [-0.15, -0.1) is 0 Å². The molecular weight excluding hydrogens is 357 g/mol. The number of carbonyl (C=O) groups is 1. The fourth-order valence-electron chi connectivity index (χ4n) is 2.04. The third-order valence-electron chi connectivity index (χ3n) is 3.72. The summed E-state index contributed by atoms with van der Waals surface area (Å²) in [6.45, 7) is 4.37. The summed E-state index contributed by atoms with van der Waals surface area (Å²) < 4.78 is 5.73. The fourth-order valence-corrected chi connectivity index (χ4v) is 2.50. The first-order valence-electron chi connectivity index (χ1n) is 8.13. The summed E-state index contributed by atoms with van der Waals surface area (Å²) >= 11 is 12.0. The zero-order valence-electron chi connectivity index (χ0n) is 14.3. The third-order valence-corrected chi connectivity index (χ3v) is 4.30. The van der Waals surface area contributed by atoms with Gasteiger partial charge in [0.1, 0.15) is 12.4 Å². The summed E-state index contributed by atoms with van der Waals surface area (Å²) in [4.78, 5) is 11.7. The van der Waals surface area contributed by atoms with Crippen molar-refractivity contribution in [3.05, 3.63) is 69.7 Å². The van der Waals surface area contributed by atoms with Crippen molar-refractivity contribution in [2.75, 3.05) is 0 Å². The van der Waals surface area contributed by atoms with Gasteiger partial charge in [0.15, 0.2) is 0 Å². The second-order valence-electron chi connectivity index (χ2n) is 5.74. The van der Waals surface area contributed by atoms with Crippen molar-refractivity contribution in [2.45, 2.75) is 32.9 Å². The van der Waals surface area contributed by atoms with Gasteiger partial charge in [0.25, 0.3) is 0 Å². The van der Waals surface area contributed by atoms with Crippen LogP contribution in [0.3, 0.4) is 0 Å². The third kappa shape index (κ3) is 6.45. The monoisotopic (exact) mass is 377 g/mol. The van der Waals surface area contributed by atoms with E-state index >= 15 is 0 Å². The highest BCUT2D eigenvalue weighted by Gasteiger charge is 2.03. The van der Waals surface area contributed by atoms with Crippen molar-refractivity contribution in [1.29, 1.82) is 0 Å². The molecule has 0 bridgehead atoms. The Labute approximate surface area is 158 Å². The van der Waals surface area contributed by atoms with Crippen molar-refractivity contribution < 1.29 is 9.53 Å². The van der Waals surface area contributed by atoms with E-state index in [1.54, 1.807) is 18.2 Å². The maximum absolute atomic E-state index is 11.7. The van der Waals surface area contributed by atoms with E-state index < -0.39 is 0 Å². The number of halogens is 2. The van der Waals surface area contributed by atoms with E-state index in [-0.39, 0.29) is 11.9 Å². The second-order valence-corrected chi connectivity index (χ2v) is 6.59. The van der Waals surface area contributed by atoms with E-state index in [1.165, 1.54) is 6.08 Å². The van der Waals surface area contributed by atoms with E-state index in [9.17, 15) is 4.79 Å². The van der Waals surface area contributed by atoms with Crippen molar-refractivity contribution in [3.8, 4) is 5.75 Å². The quantitative estimate of drug-likeness (QED) is 0.646. The van der Waals surface area contributed by atoms with E-state index in [4.69, 9.17) is 27.9 Å². The van der Waals surface area contributed by atoms with Crippen molar-refractivity contribution >= 4 is 35.2 Å². The van der Waals surface area contributed by atoms with Crippen LogP contribution < -0.4 is 10.1 Å². The molecule has 0 aliphatic heterocycles. The number of amides is 1. The molecule has 0 spiro atoms. The minimum Gasteiger partial charge on any atom is -0.489 e. The molecule has 5 heteroatoms.